The number of benzene rings is 1. The van der Waals surface area contributed by atoms with Gasteiger partial charge in [0, 0.05) is 29.5 Å². The van der Waals surface area contributed by atoms with Crippen LogP contribution in [0.1, 0.15) is 28.9 Å². The van der Waals surface area contributed by atoms with Gasteiger partial charge in [0.1, 0.15) is 5.69 Å². The quantitative estimate of drug-likeness (QED) is 0.819. The predicted octanol–water partition coefficient (Wildman–Crippen LogP) is 3.20. The standard InChI is InChI=1S/C17H19BrN4O2/c1-11-9-12(4-5-14(11)18)21-17-19-7-6-15(22-17)16(23)20-10-13-3-2-8-24-13/h4-7,9,13H,2-3,8,10H2,1H3,(H,20,23)(H,19,21,22). The van der Waals surface area contributed by atoms with Gasteiger partial charge in [0.05, 0.1) is 6.10 Å². The van der Waals surface area contributed by atoms with E-state index in [1.165, 1.54) is 0 Å². The molecule has 126 valence electrons. The number of amides is 1. The number of rotatable bonds is 5. The zero-order valence-electron chi connectivity index (χ0n) is 13.4. The minimum absolute atomic E-state index is 0.110. The first-order valence-electron chi connectivity index (χ1n) is 7.88. The van der Waals surface area contributed by atoms with Gasteiger partial charge < -0.3 is 15.4 Å². The molecule has 0 saturated carbocycles. The lowest BCUT2D eigenvalue weighted by molar-refractivity contribution is 0.0853. The predicted molar refractivity (Wildman–Crippen MR) is 95.5 cm³/mol. The van der Waals surface area contributed by atoms with Crippen molar-refractivity contribution in [3.8, 4) is 0 Å². The Morgan fingerprint density at radius 3 is 3.04 bits per heavy atom. The lowest BCUT2D eigenvalue weighted by Gasteiger charge is -2.11. The van der Waals surface area contributed by atoms with E-state index in [0.29, 0.717) is 18.2 Å². The summed E-state index contributed by atoms with van der Waals surface area (Å²) in [4.78, 5) is 20.7. The summed E-state index contributed by atoms with van der Waals surface area (Å²) < 4.78 is 6.54. The first-order chi connectivity index (χ1) is 11.6. The zero-order valence-corrected chi connectivity index (χ0v) is 15.0. The molecule has 1 aromatic carbocycles. The van der Waals surface area contributed by atoms with Gasteiger partial charge in [-0.1, -0.05) is 15.9 Å². The van der Waals surface area contributed by atoms with Crippen LogP contribution < -0.4 is 10.6 Å². The van der Waals surface area contributed by atoms with Crippen LogP contribution in [0.4, 0.5) is 11.6 Å². The molecule has 1 unspecified atom stereocenters. The summed E-state index contributed by atoms with van der Waals surface area (Å²) in [5.41, 5.74) is 2.30. The molecular weight excluding hydrogens is 372 g/mol. The molecular formula is C17H19BrN4O2. The summed E-state index contributed by atoms with van der Waals surface area (Å²) in [6, 6.07) is 7.46. The molecule has 1 atom stereocenters. The van der Waals surface area contributed by atoms with Crippen LogP contribution in [-0.2, 0) is 4.74 Å². The molecule has 1 aromatic heterocycles. The van der Waals surface area contributed by atoms with E-state index in [1.54, 1.807) is 12.3 Å². The lowest BCUT2D eigenvalue weighted by atomic mass is 10.2. The molecule has 2 heterocycles. The molecule has 0 bridgehead atoms. The Labute approximate surface area is 149 Å². The highest BCUT2D eigenvalue weighted by Crippen LogP contribution is 2.21. The van der Waals surface area contributed by atoms with Crippen LogP contribution in [0.15, 0.2) is 34.9 Å². The Morgan fingerprint density at radius 2 is 2.29 bits per heavy atom. The van der Waals surface area contributed by atoms with Crippen molar-refractivity contribution >= 4 is 33.5 Å². The maximum absolute atomic E-state index is 12.2. The molecule has 0 aliphatic carbocycles. The highest BCUT2D eigenvalue weighted by Gasteiger charge is 2.17. The van der Waals surface area contributed by atoms with Gasteiger partial charge in [-0.15, -0.1) is 0 Å². The van der Waals surface area contributed by atoms with Crippen LogP contribution in [0.2, 0.25) is 0 Å². The van der Waals surface area contributed by atoms with E-state index in [0.717, 1.165) is 35.2 Å². The number of aromatic nitrogens is 2. The Hall–Kier alpha value is -1.99. The SMILES string of the molecule is Cc1cc(Nc2nccc(C(=O)NCC3CCCO3)n2)ccc1Br. The number of hydrogen-bond acceptors (Lipinski definition) is 5. The van der Waals surface area contributed by atoms with Crippen molar-refractivity contribution in [2.75, 3.05) is 18.5 Å². The number of ether oxygens (including phenoxy) is 1. The molecule has 1 aliphatic rings. The molecule has 2 aromatic rings. The van der Waals surface area contributed by atoms with Crippen molar-refractivity contribution in [3.63, 3.8) is 0 Å². The Morgan fingerprint density at radius 1 is 1.42 bits per heavy atom. The van der Waals surface area contributed by atoms with E-state index in [9.17, 15) is 4.79 Å². The number of nitrogens with zero attached hydrogens (tertiary/aromatic N) is 2. The summed E-state index contributed by atoms with van der Waals surface area (Å²) in [6.07, 6.45) is 3.72. The largest absolute Gasteiger partial charge is 0.376 e. The summed E-state index contributed by atoms with van der Waals surface area (Å²) in [5, 5.41) is 5.98. The molecule has 6 nitrogen and oxygen atoms in total. The third-order valence-electron chi connectivity index (χ3n) is 3.82. The molecule has 1 aliphatic heterocycles. The number of hydrogen-bond donors (Lipinski definition) is 2. The molecule has 2 N–H and O–H groups in total. The molecule has 1 amide bonds. The van der Waals surface area contributed by atoms with E-state index < -0.39 is 0 Å². The minimum atomic E-state index is -0.220. The molecule has 0 spiro atoms. The van der Waals surface area contributed by atoms with Gasteiger partial charge in [-0.3, -0.25) is 4.79 Å². The highest BCUT2D eigenvalue weighted by molar-refractivity contribution is 9.10. The fraction of sp³-hybridized carbons (Fsp3) is 0.353. The third-order valence-corrected chi connectivity index (χ3v) is 4.71. The second kappa shape index (κ2) is 7.72. The van der Waals surface area contributed by atoms with E-state index in [1.807, 2.05) is 25.1 Å². The van der Waals surface area contributed by atoms with E-state index in [-0.39, 0.29) is 12.0 Å². The number of halogens is 1. The lowest BCUT2D eigenvalue weighted by Crippen LogP contribution is -2.32. The minimum Gasteiger partial charge on any atom is -0.376 e. The van der Waals surface area contributed by atoms with Gasteiger partial charge in [0.25, 0.3) is 5.91 Å². The van der Waals surface area contributed by atoms with Gasteiger partial charge in [0.15, 0.2) is 0 Å². The number of carbonyl (C=O) groups excluding carboxylic acids is 1. The van der Waals surface area contributed by atoms with Crippen LogP contribution in [-0.4, -0.2) is 35.1 Å². The fourth-order valence-electron chi connectivity index (χ4n) is 2.50. The number of aryl methyl sites for hydroxylation is 1. The fourth-order valence-corrected chi connectivity index (χ4v) is 2.75. The van der Waals surface area contributed by atoms with E-state index in [4.69, 9.17) is 4.74 Å². The molecule has 1 fully saturated rings. The maximum atomic E-state index is 12.2. The van der Waals surface area contributed by atoms with Crippen molar-refractivity contribution < 1.29 is 9.53 Å². The first kappa shape index (κ1) is 16.9. The maximum Gasteiger partial charge on any atom is 0.270 e. The average molecular weight is 391 g/mol. The molecule has 1 saturated heterocycles. The Bertz CT molecular complexity index is 732. The normalized spacial score (nSPS) is 16.8. The summed E-state index contributed by atoms with van der Waals surface area (Å²) in [6.45, 7) is 3.29. The molecule has 24 heavy (non-hydrogen) atoms. The summed E-state index contributed by atoms with van der Waals surface area (Å²) >= 11 is 3.47. The van der Waals surface area contributed by atoms with Crippen LogP contribution in [0.25, 0.3) is 0 Å². The van der Waals surface area contributed by atoms with Crippen molar-refractivity contribution in [1.29, 1.82) is 0 Å². The number of carbonyl (C=O) groups is 1. The highest BCUT2D eigenvalue weighted by atomic mass is 79.9. The van der Waals surface area contributed by atoms with Crippen LogP contribution >= 0.6 is 15.9 Å². The van der Waals surface area contributed by atoms with Gasteiger partial charge in [0.2, 0.25) is 5.95 Å². The van der Waals surface area contributed by atoms with Gasteiger partial charge in [-0.05, 0) is 49.6 Å². The van der Waals surface area contributed by atoms with Crippen LogP contribution in [0.3, 0.4) is 0 Å². The average Bonchev–Trinajstić information content (AvgIpc) is 3.10. The van der Waals surface area contributed by atoms with Crippen molar-refractivity contribution in [1.82, 2.24) is 15.3 Å². The van der Waals surface area contributed by atoms with Gasteiger partial charge >= 0.3 is 0 Å². The van der Waals surface area contributed by atoms with Crippen molar-refractivity contribution in [2.24, 2.45) is 0 Å². The van der Waals surface area contributed by atoms with Crippen molar-refractivity contribution in [3.05, 3.63) is 46.2 Å². The smallest absolute Gasteiger partial charge is 0.270 e. The monoisotopic (exact) mass is 390 g/mol. The second-order valence-electron chi connectivity index (χ2n) is 5.70. The topological polar surface area (TPSA) is 76.1 Å². The molecule has 3 rings (SSSR count). The number of nitrogens with one attached hydrogen (secondary N) is 2. The van der Waals surface area contributed by atoms with Crippen molar-refractivity contribution in [2.45, 2.75) is 25.9 Å². The Kier molecular flexibility index (Phi) is 5.42. The molecule has 0 radical (unpaired) electrons. The number of anilines is 2. The zero-order chi connectivity index (χ0) is 16.9. The Balaban J connectivity index is 1.64. The van der Waals surface area contributed by atoms with E-state index in [2.05, 4.69) is 36.5 Å². The molecule has 7 heteroatoms. The summed E-state index contributed by atoms with van der Waals surface area (Å²) in [7, 11) is 0. The third kappa shape index (κ3) is 4.30. The van der Waals surface area contributed by atoms with Crippen LogP contribution in [0, 0.1) is 6.92 Å². The van der Waals surface area contributed by atoms with Gasteiger partial charge in [-0.25, -0.2) is 9.97 Å². The van der Waals surface area contributed by atoms with E-state index >= 15 is 0 Å². The first-order valence-corrected chi connectivity index (χ1v) is 8.67. The summed E-state index contributed by atoms with van der Waals surface area (Å²) in [5.74, 6) is 0.171. The van der Waals surface area contributed by atoms with Gasteiger partial charge in [-0.2, -0.15) is 0 Å². The second-order valence-corrected chi connectivity index (χ2v) is 6.55. The van der Waals surface area contributed by atoms with Crippen LogP contribution in [0.5, 0.6) is 0 Å².